The van der Waals surface area contributed by atoms with Crippen LogP contribution in [0.5, 0.6) is 0 Å². The molecule has 1 aromatic heterocycles. The number of aryl methyl sites for hydroxylation is 1. The largest absolute Gasteiger partial charge is 0.381 e. The van der Waals surface area contributed by atoms with Crippen molar-refractivity contribution in [1.82, 2.24) is 24.8 Å². The first-order valence-electron chi connectivity index (χ1n) is 9.32. The van der Waals surface area contributed by atoms with Gasteiger partial charge in [-0.15, -0.1) is 11.7 Å². The molecule has 0 radical (unpaired) electrons. The van der Waals surface area contributed by atoms with Crippen LogP contribution < -0.4 is 0 Å². The number of ether oxygens (including phenoxy) is 1. The van der Waals surface area contributed by atoms with E-state index in [4.69, 9.17) is 4.74 Å². The molecule has 2 fully saturated rings. The van der Waals surface area contributed by atoms with E-state index in [1.807, 2.05) is 11.8 Å². The van der Waals surface area contributed by atoms with E-state index in [1.165, 1.54) is 0 Å². The Kier molecular flexibility index (Phi) is 6.03. The number of carbonyl (C=O) groups excluding carboxylic acids is 2. The molecule has 1 aromatic rings. The highest BCUT2D eigenvalue weighted by atomic mass is 16.5. The highest BCUT2D eigenvalue weighted by Gasteiger charge is 2.36. The number of allylic oxidation sites excluding steroid dienone is 1. The van der Waals surface area contributed by atoms with E-state index in [0.29, 0.717) is 45.1 Å². The van der Waals surface area contributed by atoms with E-state index in [1.54, 1.807) is 21.9 Å². The van der Waals surface area contributed by atoms with Gasteiger partial charge < -0.3 is 14.5 Å². The fourth-order valence-corrected chi connectivity index (χ4v) is 3.63. The summed E-state index contributed by atoms with van der Waals surface area (Å²) in [4.78, 5) is 29.1. The maximum atomic E-state index is 12.7. The topological polar surface area (TPSA) is 80.6 Å². The third kappa shape index (κ3) is 3.95. The summed E-state index contributed by atoms with van der Waals surface area (Å²) in [5.74, 6) is -0.00539. The van der Waals surface area contributed by atoms with Crippen LogP contribution in [0.25, 0.3) is 0 Å². The fraction of sp³-hybridized carbons (Fsp3) is 0.667. The van der Waals surface area contributed by atoms with Gasteiger partial charge in [0.05, 0.1) is 24.8 Å². The van der Waals surface area contributed by atoms with Crippen molar-refractivity contribution >= 4 is 11.8 Å². The molecule has 2 unspecified atom stereocenters. The Morgan fingerprint density at radius 2 is 2.31 bits per heavy atom. The molecule has 8 heteroatoms. The molecule has 0 spiro atoms. The number of nitrogens with zero attached hydrogens (tertiary/aromatic N) is 5. The maximum absolute atomic E-state index is 12.7. The Morgan fingerprint density at radius 3 is 3.00 bits per heavy atom. The van der Waals surface area contributed by atoms with Gasteiger partial charge in [0, 0.05) is 32.8 Å². The molecular formula is C18H27N5O3. The first-order valence-corrected chi connectivity index (χ1v) is 9.32. The lowest BCUT2D eigenvalue weighted by Gasteiger charge is -2.29. The molecular weight excluding hydrogens is 334 g/mol. The van der Waals surface area contributed by atoms with Crippen molar-refractivity contribution in [2.75, 3.05) is 32.8 Å². The molecule has 2 amide bonds. The van der Waals surface area contributed by atoms with Crippen LogP contribution in [-0.2, 0) is 16.1 Å². The highest BCUT2D eigenvalue weighted by molar-refractivity contribution is 5.92. The van der Waals surface area contributed by atoms with E-state index < -0.39 is 0 Å². The lowest BCUT2D eigenvalue weighted by molar-refractivity contribution is -0.137. The first-order chi connectivity index (χ1) is 12.6. The molecule has 0 aliphatic carbocycles. The number of aromatic nitrogens is 3. The minimum Gasteiger partial charge on any atom is -0.381 e. The third-order valence-corrected chi connectivity index (χ3v) is 5.11. The Hall–Kier alpha value is -2.22. The molecule has 2 saturated heterocycles. The summed E-state index contributed by atoms with van der Waals surface area (Å²) < 4.78 is 7.00. The third-order valence-electron chi connectivity index (χ3n) is 5.11. The minimum atomic E-state index is -0.120. The van der Waals surface area contributed by atoms with Gasteiger partial charge in [-0.25, -0.2) is 0 Å². The van der Waals surface area contributed by atoms with E-state index in [9.17, 15) is 9.59 Å². The fourth-order valence-electron chi connectivity index (χ4n) is 3.63. The van der Waals surface area contributed by atoms with Gasteiger partial charge in [0.25, 0.3) is 5.91 Å². The van der Waals surface area contributed by atoms with Gasteiger partial charge in [0.1, 0.15) is 0 Å². The van der Waals surface area contributed by atoms with E-state index in [2.05, 4.69) is 16.9 Å². The van der Waals surface area contributed by atoms with Crippen LogP contribution >= 0.6 is 0 Å². The lowest BCUT2D eigenvalue weighted by Crippen LogP contribution is -2.45. The van der Waals surface area contributed by atoms with Gasteiger partial charge in [-0.3, -0.25) is 14.3 Å². The van der Waals surface area contributed by atoms with Crippen molar-refractivity contribution in [1.29, 1.82) is 0 Å². The molecule has 0 aromatic carbocycles. The molecule has 3 rings (SSSR count). The molecule has 0 bridgehead atoms. The van der Waals surface area contributed by atoms with E-state index in [0.717, 1.165) is 19.3 Å². The average Bonchev–Trinajstić information content (AvgIpc) is 3.41. The average molecular weight is 361 g/mol. The smallest absolute Gasteiger partial charge is 0.276 e. The standard InChI is InChI=1S/C18H27N5O3/c1-3-5-8-22-12-16(19-20-22)18(25)21-9-6-15(11-21)23(4-2)17(24)14-7-10-26-13-14/h3,12,14-15H,1,4-11,13H2,2H3. The Labute approximate surface area is 153 Å². The molecule has 3 heterocycles. The number of likely N-dealkylation sites (N-methyl/N-ethyl adjacent to an activating group) is 1. The Balaban J connectivity index is 1.59. The second-order valence-electron chi connectivity index (χ2n) is 6.82. The number of hydrogen-bond acceptors (Lipinski definition) is 5. The molecule has 2 atom stereocenters. The Morgan fingerprint density at radius 1 is 1.46 bits per heavy atom. The molecule has 142 valence electrons. The summed E-state index contributed by atoms with van der Waals surface area (Å²) in [6.45, 7) is 9.33. The van der Waals surface area contributed by atoms with Crippen LogP contribution in [0.1, 0.15) is 36.7 Å². The van der Waals surface area contributed by atoms with Gasteiger partial charge in [0.2, 0.25) is 5.91 Å². The second-order valence-corrected chi connectivity index (χ2v) is 6.82. The van der Waals surface area contributed by atoms with Gasteiger partial charge in [-0.1, -0.05) is 11.3 Å². The van der Waals surface area contributed by atoms with Crippen LogP contribution in [0.4, 0.5) is 0 Å². The summed E-state index contributed by atoms with van der Waals surface area (Å²) in [6, 6.07) is 0.0628. The zero-order chi connectivity index (χ0) is 18.5. The van der Waals surface area contributed by atoms with Crippen LogP contribution in [0, 0.1) is 5.92 Å². The maximum Gasteiger partial charge on any atom is 0.276 e. The molecule has 2 aliphatic heterocycles. The van der Waals surface area contributed by atoms with Crippen LogP contribution in [0.15, 0.2) is 18.9 Å². The van der Waals surface area contributed by atoms with Crippen molar-refractivity contribution in [2.45, 2.75) is 38.8 Å². The molecule has 26 heavy (non-hydrogen) atoms. The summed E-state index contributed by atoms with van der Waals surface area (Å²) in [5, 5.41) is 7.98. The number of amides is 2. The number of hydrogen-bond donors (Lipinski definition) is 0. The van der Waals surface area contributed by atoms with Crippen LogP contribution in [0.2, 0.25) is 0 Å². The zero-order valence-corrected chi connectivity index (χ0v) is 15.3. The number of carbonyl (C=O) groups is 2. The van der Waals surface area contributed by atoms with Crippen LogP contribution in [-0.4, -0.2) is 75.5 Å². The quantitative estimate of drug-likeness (QED) is 0.676. The predicted octanol–water partition coefficient (Wildman–Crippen LogP) is 0.954. The summed E-state index contributed by atoms with van der Waals surface area (Å²) in [6.07, 6.45) is 5.85. The molecule has 8 nitrogen and oxygen atoms in total. The van der Waals surface area contributed by atoms with Crippen molar-refractivity contribution in [2.24, 2.45) is 5.92 Å². The molecule has 0 saturated carbocycles. The summed E-state index contributed by atoms with van der Waals surface area (Å²) in [7, 11) is 0. The van der Waals surface area contributed by atoms with E-state index in [-0.39, 0.29) is 23.8 Å². The van der Waals surface area contributed by atoms with Gasteiger partial charge in [-0.2, -0.15) is 0 Å². The summed E-state index contributed by atoms with van der Waals surface area (Å²) >= 11 is 0. The monoisotopic (exact) mass is 361 g/mol. The minimum absolute atomic E-state index is 0.0375. The Bertz CT molecular complexity index is 653. The second kappa shape index (κ2) is 8.44. The number of rotatable bonds is 7. The van der Waals surface area contributed by atoms with Crippen LogP contribution in [0.3, 0.4) is 0 Å². The van der Waals surface area contributed by atoms with Crippen molar-refractivity contribution in [3.05, 3.63) is 24.5 Å². The van der Waals surface area contributed by atoms with Gasteiger partial charge in [-0.05, 0) is 26.2 Å². The van der Waals surface area contributed by atoms with Crippen molar-refractivity contribution in [3.8, 4) is 0 Å². The normalized spacial score (nSPS) is 22.6. The first kappa shape index (κ1) is 18.6. The van der Waals surface area contributed by atoms with Crippen molar-refractivity contribution in [3.63, 3.8) is 0 Å². The lowest BCUT2D eigenvalue weighted by atomic mass is 10.1. The molecule has 2 aliphatic rings. The highest BCUT2D eigenvalue weighted by Crippen LogP contribution is 2.22. The van der Waals surface area contributed by atoms with E-state index >= 15 is 0 Å². The predicted molar refractivity (Wildman–Crippen MR) is 95.5 cm³/mol. The summed E-state index contributed by atoms with van der Waals surface area (Å²) in [5.41, 5.74) is 0.355. The molecule has 0 N–H and O–H groups in total. The van der Waals surface area contributed by atoms with Gasteiger partial charge >= 0.3 is 0 Å². The van der Waals surface area contributed by atoms with Gasteiger partial charge in [0.15, 0.2) is 5.69 Å². The van der Waals surface area contributed by atoms with Crippen molar-refractivity contribution < 1.29 is 14.3 Å². The zero-order valence-electron chi connectivity index (χ0n) is 15.3. The SMILES string of the molecule is C=CCCn1cc(C(=O)N2CCC(N(CC)C(=O)C3CCOC3)C2)nn1. The number of likely N-dealkylation sites (tertiary alicyclic amines) is 1.